The summed E-state index contributed by atoms with van der Waals surface area (Å²) in [7, 11) is 0. The van der Waals surface area contributed by atoms with E-state index in [0.717, 1.165) is 16.2 Å². The van der Waals surface area contributed by atoms with E-state index in [0.29, 0.717) is 54.2 Å². The van der Waals surface area contributed by atoms with Gasteiger partial charge in [-0.25, -0.2) is 14.5 Å². The Hall–Kier alpha value is -8.49. The number of ether oxygens (including phenoxy) is 3. The number of para-hydroxylation sites is 1. The Morgan fingerprint density at radius 2 is 1.49 bits per heavy atom. The van der Waals surface area contributed by atoms with Crippen LogP contribution in [0.2, 0.25) is 0 Å². The number of urea groups is 2. The zero-order chi connectivity index (χ0) is 51.3. The molecule has 6 amide bonds. The number of benzene rings is 6. The lowest BCUT2D eigenvalue weighted by Gasteiger charge is -2.46. The summed E-state index contributed by atoms with van der Waals surface area (Å²) in [5, 5.41) is 18.8. The summed E-state index contributed by atoms with van der Waals surface area (Å²) < 4.78 is 18.6. The van der Waals surface area contributed by atoms with Gasteiger partial charge in [-0.1, -0.05) is 121 Å². The number of nitrogens with two attached hydrogens (primary N) is 1. The Morgan fingerprint density at radius 3 is 2.18 bits per heavy atom. The smallest absolute Gasteiger partial charge is 0.329 e. The first-order valence-electron chi connectivity index (χ1n) is 24.6. The number of hydrogen-bond acceptors (Lipinski definition) is 11. The van der Waals surface area contributed by atoms with Crippen molar-refractivity contribution in [1.29, 1.82) is 0 Å². The summed E-state index contributed by atoms with van der Waals surface area (Å²) >= 11 is 0. The van der Waals surface area contributed by atoms with Gasteiger partial charge < -0.3 is 45.9 Å². The first kappa shape index (κ1) is 49.1. The van der Waals surface area contributed by atoms with Crippen LogP contribution in [0.15, 0.2) is 158 Å². The average molecular weight is 994 g/mol. The van der Waals surface area contributed by atoms with Crippen LogP contribution in [-0.4, -0.2) is 92.0 Å². The minimum atomic E-state index is -2.15. The molecule has 6 aromatic rings. The third-order valence-corrected chi connectivity index (χ3v) is 14.2. The maximum absolute atomic E-state index is 16.8. The molecule has 0 radical (unpaired) electrons. The summed E-state index contributed by atoms with van der Waals surface area (Å²) in [6, 6.07) is 41.6. The molecule has 1 spiro atoms. The Kier molecular flexibility index (Phi) is 14.1. The molecule has 7 atom stereocenters. The van der Waals surface area contributed by atoms with E-state index < -0.39 is 71.5 Å². The van der Waals surface area contributed by atoms with Crippen LogP contribution >= 0.6 is 0 Å². The van der Waals surface area contributed by atoms with E-state index in [2.05, 4.69) is 32.7 Å². The fourth-order valence-electron chi connectivity index (χ4n) is 11.1. The Balaban J connectivity index is 1.24. The number of primary amides is 1. The summed E-state index contributed by atoms with van der Waals surface area (Å²) in [5.74, 6) is 2.38. The molecule has 0 aromatic heterocycles. The first-order chi connectivity index (χ1) is 36.1. The molecule has 10 rings (SSSR count). The molecule has 0 aliphatic carbocycles. The highest BCUT2D eigenvalue weighted by molar-refractivity contribution is 6.25. The van der Waals surface area contributed by atoms with E-state index in [1.54, 1.807) is 61.5 Å². The topological polar surface area (TPSA) is 205 Å². The molecule has 16 heteroatoms. The van der Waals surface area contributed by atoms with Crippen molar-refractivity contribution < 1.29 is 43.3 Å². The minimum Gasteiger partial charge on any atom is -0.491 e. The lowest BCUT2D eigenvalue weighted by molar-refractivity contribution is -0.177. The van der Waals surface area contributed by atoms with Gasteiger partial charge in [-0.3, -0.25) is 19.3 Å². The molecule has 3 saturated heterocycles. The quantitative estimate of drug-likeness (QED) is 0.0646. The molecule has 4 heterocycles. The number of hydrogen-bond donors (Lipinski definition) is 5. The Bertz CT molecular complexity index is 3110. The number of rotatable bonds is 12. The number of carbonyl (C=O) groups excluding carboxylic acids is 5. The average Bonchev–Trinajstić information content (AvgIpc) is 3.97. The van der Waals surface area contributed by atoms with Crippen LogP contribution in [0.1, 0.15) is 64.5 Å². The summed E-state index contributed by atoms with van der Waals surface area (Å²) in [4.78, 5) is 80.7. The Labute approximate surface area is 428 Å². The number of aliphatic hydroxyl groups is 1. The molecule has 74 heavy (non-hydrogen) atoms. The lowest BCUT2D eigenvalue weighted by Crippen LogP contribution is -2.55. The number of nitrogens with zero attached hydrogens (tertiary/aromatic N) is 3. The predicted molar refractivity (Wildman–Crippen MR) is 277 cm³/mol. The van der Waals surface area contributed by atoms with Crippen molar-refractivity contribution in [3.8, 4) is 17.6 Å². The monoisotopic (exact) mass is 993 g/mol. The number of imide groups is 1. The molecule has 4 aliphatic heterocycles. The van der Waals surface area contributed by atoms with Crippen molar-refractivity contribution in [3.63, 3.8) is 0 Å². The normalized spacial score (nSPS) is 22.4. The standard InChI is InChI=1S/C58H55N7O9/c1-37(39-15-5-2-6-16-39)61-57(71)64-46-28-23-38(14-13-29-60-56(59)70)36-45(46)58(55(64)69)48(53(67)62-42-24-26-43(27-25-42)63-30-33-72-34-31-63)50-54(68)74-51(41-19-9-4-10-20-41)49(40-17-7-3-8-18-40)65(50)52(58)44-21-11-12-22-47(44)73-35-32-66/h2-12,15-28,36-37,48-52,66H,29-35H2,1H3,(H,61,71)(H,62,67)(H3,59,60,70). The van der Waals surface area contributed by atoms with Gasteiger partial charge >= 0.3 is 18.0 Å². The molecule has 0 saturated carbocycles. The number of fused-ring (bicyclic) bond motifs is 3. The highest BCUT2D eigenvalue weighted by Crippen LogP contribution is 2.66. The summed E-state index contributed by atoms with van der Waals surface area (Å²) in [5.41, 5.74) is 7.86. The highest BCUT2D eigenvalue weighted by atomic mass is 16.6. The van der Waals surface area contributed by atoms with Crippen molar-refractivity contribution in [1.82, 2.24) is 15.5 Å². The SMILES string of the molecule is CC(NC(=O)N1C(=O)C2(c3cc(C#CCNC(N)=O)ccc31)C(C(=O)Nc1ccc(N3CCOCC3)cc1)C1C(=O)OC(c3ccccc3)C(c3ccccc3)N1C2c1ccccc1OCCO)c1ccccc1. The third kappa shape index (κ3) is 9.17. The molecule has 7 unspecified atom stereocenters. The number of cyclic esters (lactones) is 1. The van der Waals surface area contributed by atoms with E-state index in [9.17, 15) is 9.90 Å². The second-order valence-corrected chi connectivity index (χ2v) is 18.5. The minimum absolute atomic E-state index is 0.0999. The zero-order valence-corrected chi connectivity index (χ0v) is 40.6. The van der Waals surface area contributed by atoms with Gasteiger partial charge in [-0.2, -0.15) is 0 Å². The maximum Gasteiger partial charge on any atom is 0.329 e. The van der Waals surface area contributed by atoms with Gasteiger partial charge in [0.25, 0.3) is 0 Å². The van der Waals surface area contributed by atoms with Gasteiger partial charge in [-0.05, 0) is 77.7 Å². The van der Waals surface area contributed by atoms with Crippen molar-refractivity contribution in [2.45, 2.75) is 42.6 Å². The second-order valence-electron chi connectivity index (χ2n) is 18.5. The van der Waals surface area contributed by atoms with Gasteiger partial charge in [-0.15, -0.1) is 0 Å². The molecular formula is C58H55N7O9. The number of morpholine rings is 2. The molecule has 16 nitrogen and oxygen atoms in total. The van der Waals surface area contributed by atoms with Crippen molar-refractivity contribution >= 4 is 46.9 Å². The number of nitrogens with one attached hydrogen (secondary N) is 3. The second kappa shape index (κ2) is 21.3. The summed E-state index contributed by atoms with van der Waals surface area (Å²) in [6.45, 7) is 3.77. The molecular weight excluding hydrogens is 939 g/mol. The predicted octanol–water partition coefficient (Wildman–Crippen LogP) is 6.69. The number of esters is 1. The van der Waals surface area contributed by atoms with Gasteiger partial charge in [0.05, 0.1) is 56.1 Å². The fourth-order valence-corrected chi connectivity index (χ4v) is 11.1. The van der Waals surface area contributed by atoms with Crippen LogP contribution in [0.5, 0.6) is 5.75 Å². The largest absolute Gasteiger partial charge is 0.491 e. The number of amides is 6. The van der Waals surface area contributed by atoms with Gasteiger partial charge in [0.2, 0.25) is 11.8 Å². The molecule has 3 fully saturated rings. The van der Waals surface area contributed by atoms with E-state index in [1.165, 1.54) is 0 Å². The van der Waals surface area contributed by atoms with Gasteiger partial charge in [0.15, 0.2) is 0 Å². The van der Waals surface area contributed by atoms with E-state index in [4.69, 9.17) is 19.9 Å². The van der Waals surface area contributed by atoms with Crippen molar-refractivity contribution in [3.05, 3.63) is 191 Å². The number of carbonyl (C=O) groups is 5. The molecule has 0 bridgehead atoms. The highest BCUT2D eigenvalue weighted by Gasteiger charge is 2.76. The number of anilines is 3. The maximum atomic E-state index is 16.8. The first-order valence-corrected chi connectivity index (χ1v) is 24.6. The van der Waals surface area contributed by atoms with Gasteiger partial charge in [0, 0.05) is 35.6 Å². The van der Waals surface area contributed by atoms with Crippen LogP contribution < -0.4 is 36.2 Å². The van der Waals surface area contributed by atoms with E-state index >= 15 is 19.2 Å². The molecule has 6 N–H and O–H groups in total. The number of aliphatic hydroxyl groups excluding tert-OH is 1. The van der Waals surface area contributed by atoms with Crippen LogP contribution in [0, 0.1) is 17.8 Å². The zero-order valence-electron chi connectivity index (χ0n) is 40.6. The van der Waals surface area contributed by atoms with Crippen LogP contribution in [0.4, 0.5) is 26.7 Å². The van der Waals surface area contributed by atoms with Crippen LogP contribution in [0.25, 0.3) is 0 Å². The molecule has 6 aromatic carbocycles. The molecule has 4 aliphatic rings. The van der Waals surface area contributed by atoms with E-state index in [1.807, 2.05) is 108 Å². The van der Waals surface area contributed by atoms with Crippen molar-refractivity contribution in [2.75, 3.05) is 61.2 Å². The Morgan fingerprint density at radius 1 is 0.824 bits per heavy atom. The summed E-state index contributed by atoms with van der Waals surface area (Å²) in [6.07, 6.45) is -0.973. The molecule has 376 valence electrons. The van der Waals surface area contributed by atoms with Crippen LogP contribution in [0.3, 0.4) is 0 Å². The fraction of sp³-hybridized carbons (Fsp3) is 0.259. The van der Waals surface area contributed by atoms with Gasteiger partial charge in [0.1, 0.15) is 29.9 Å². The van der Waals surface area contributed by atoms with Crippen LogP contribution in [-0.2, 0) is 29.3 Å². The lowest BCUT2D eigenvalue weighted by atomic mass is 9.65. The van der Waals surface area contributed by atoms with Crippen molar-refractivity contribution in [2.24, 2.45) is 11.7 Å². The van der Waals surface area contributed by atoms with E-state index in [-0.39, 0.29) is 36.8 Å². The third-order valence-electron chi connectivity index (χ3n) is 14.2.